The number of ether oxygens (including phenoxy) is 2. The average Bonchev–Trinajstić information content (AvgIpc) is 2.98. The molecule has 0 amide bonds. The second-order valence-electron chi connectivity index (χ2n) is 8.35. The van der Waals surface area contributed by atoms with E-state index in [-0.39, 0.29) is 15.5 Å². The maximum Gasteiger partial charge on any atom is 0.156 e. The Kier molecular flexibility index (Phi) is 6.27. The largest absolute Gasteiger partial charge is 0.490 e. The Morgan fingerprint density at radius 3 is 2.37 bits per heavy atom. The van der Waals surface area contributed by atoms with Crippen LogP contribution in [0.2, 0.25) is 15.1 Å². The molecule has 0 bridgehead atoms. The predicted octanol–water partition coefficient (Wildman–Crippen LogP) is 5.66. The van der Waals surface area contributed by atoms with Crippen LogP contribution in [0.4, 0.5) is 10.1 Å². The highest BCUT2D eigenvalue weighted by atomic mass is 35.5. The normalized spacial score (nSPS) is 18.3. The Morgan fingerprint density at radius 1 is 1.03 bits per heavy atom. The summed E-state index contributed by atoms with van der Waals surface area (Å²) in [5, 5.41) is 1.11. The van der Waals surface area contributed by atoms with Crippen molar-refractivity contribution in [2.75, 3.05) is 50.8 Å². The minimum Gasteiger partial charge on any atom is -0.490 e. The van der Waals surface area contributed by atoms with Gasteiger partial charge in [0.15, 0.2) is 5.75 Å². The fraction of sp³-hybridized carbons (Fsp3) is 0.455. The third-order valence-electron chi connectivity index (χ3n) is 5.67. The molecule has 4 nitrogen and oxygen atoms in total. The lowest BCUT2D eigenvalue weighted by atomic mass is 9.86. The molecule has 2 aromatic carbocycles. The van der Waals surface area contributed by atoms with E-state index < -0.39 is 5.82 Å². The zero-order valence-corrected chi connectivity index (χ0v) is 19.2. The molecule has 0 saturated carbocycles. The van der Waals surface area contributed by atoms with Gasteiger partial charge in [0.1, 0.15) is 18.2 Å². The molecule has 0 aliphatic carbocycles. The molecule has 2 aromatic rings. The van der Waals surface area contributed by atoms with Crippen LogP contribution in [-0.4, -0.2) is 50.8 Å². The van der Waals surface area contributed by atoms with Crippen LogP contribution in [0.25, 0.3) is 0 Å². The van der Waals surface area contributed by atoms with Crippen LogP contribution in [0.1, 0.15) is 19.4 Å². The van der Waals surface area contributed by atoms with Crippen LogP contribution in [-0.2, 0) is 5.41 Å². The highest BCUT2D eigenvalue weighted by molar-refractivity contribution is 6.37. The Labute approximate surface area is 191 Å². The molecule has 0 atom stereocenters. The van der Waals surface area contributed by atoms with Gasteiger partial charge in [0.25, 0.3) is 0 Å². The molecule has 0 radical (unpaired) electrons. The maximum atomic E-state index is 13.3. The van der Waals surface area contributed by atoms with E-state index in [0.29, 0.717) is 19.0 Å². The molecule has 1 fully saturated rings. The van der Waals surface area contributed by atoms with Gasteiger partial charge in [-0.1, -0.05) is 48.7 Å². The van der Waals surface area contributed by atoms with Crippen molar-refractivity contribution in [3.63, 3.8) is 0 Å². The number of nitrogens with zero attached hydrogens (tertiary/aromatic N) is 2. The first-order chi connectivity index (χ1) is 14.2. The van der Waals surface area contributed by atoms with Gasteiger partial charge in [0.05, 0.1) is 22.3 Å². The third-order valence-corrected chi connectivity index (χ3v) is 6.45. The molecular formula is C22H24Cl3FN2O2. The summed E-state index contributed by atoms with van der Waals surface area (Å²) in [6, 6.07) is 6.43. The number of hydrogen-bond donors (Lipinski definition) is 0. The van der Waals surface area contributed by atoms with Crippen molar-refractivity contribution in [2.24, 2.45) is 0 Å². The third kappa shape index (κ3) is 4.45. The van der Waals surface area contributed by atoms with E-state index in [0.717, 1.165) is 49.2 Å². The molecule has 0 spiro atoms. The van der Waals surface area contributed by atoms with E-state index in [2.05, 4.69) is 23.6 Å². The van der Waals surface area contributed by atoms with Crippen molar-refractivity contribution in [3.05, 3.63) is 50.7 Å². The van der Waals surface area contributed by atoms with Crippen molar-refractivity contribution in [3.8, 4) is 11.5 Å². The van der Waals surface area contributed by atoms with E-state index in [4.69, 9.17) is 44.3 Å². The van der Waals surface area contributed by atoms with Crippen molar-refractivity contribution in [1.82, 2.24) is 4.90 Å². The van der Waals surface area contributed by atoms with Gasteiger partial charge < -0.3 is 14.4 Å². The average molecular weight is 474 g/mol. The van der Waals surface area contributed by atoms with Gasteiger partial charge in [-0.3, -0.25) is 4.90 Å². The van der Waals surface area contributed by atoms with E-state index in [1.54, 1.807) is 0 Å². The van der Waals surface area contributed by atoms with Gasteiger partial charge in [0, 0.05) is 48.7 Å². The Morgan fingerprint density at radius 2 is 1.70 bits per heavy atom. The second-order valence-corrected chi connectivity index (χ2v) is 9.60. The lowest BCUT2D eigenvalue weighted by molar-refractivity contribution is 0.200. The maximum absolute atomic E-state index is 13.3. The summed E-state index contributed by atoms with van der Waals surface area (Å²) in [6.45, 7) is 9.69. The quantitative estimate of drug-likeness (QED) is 0.560. The van der Waals surface area contributed by atoms with Crippen molar-refractivity contribution in [2.45, 2.75) is 19.3 Å². The number of rotatable bonds is 5. The summed E-state index contributed by atoms with van der Waals surface area (Å²) >= 11 is 18.5. The summed E-state index contributed by atoms with van der Waals surface area (Å²) in [4.78, 5) is 4.65. The van der Waals surface area contributed by atoms with E-state index in [1.165, 1.54) is 17.7 Å². The SMILES string of the molecule is CC1(C)COc2c(N3CCN(CCOc4c(Cl)cc(F)cc4Cl)CC3)cc(Cl)cc21. The van der Waals surface area contributed by atoms with Crippen LogP contribution in [0.3, 0.4) is 0 Å². The summed E-state index contributed by atoms with van der Waals surface area (Å²) in [6.07, 6.45) is 0. The Hall–Kier alpha value is -1.40. The minimum atomic E-state index is -0.478. The highest BCUT2D eigenvalue weighted by Crippen LogP contribution is 2.46. The van der Waals surface area contributed by atoms with Gasteiger partial charge in [-0.2, -0.15) is 0 Å². The van der Waals surface area contributed by atoms with Crippen LogP contribution in [0, 0.1) is 5.82 Å². The number of hydrogen-bond acceptors (Lipinski definition) is 4. The van der Waals surface area contributed by atoms with Gasteiger partial charge in [-0.05, 0) is 24.3 Å². The number of piperazine rings is 1. The highest BCUT2D eigenvalue weighted by Gasteiger charge is 2.35. The van der Waals surface area contributed by atoms with Crippen LogP contribution >= 0.6 is 34.8 Å². The number of fused-ring (bicyclic) bond motifs is 1. The first-order valence-corrected chi connectivity index (χ1v) is 11.1. The van der Waals surface area contributed by atoms with E-state index in [1.807, 2.05) is 12.1 Å². The molecule has 2 aliphatic heterocycles. The summed E-state index contributed by atoms with van der Waals surface area (Å²) in [5.74, 6) is 0.808. The fourth-order valence-electron chi connectivity index (χ4n) is 3.95. The minimum absolute atomic E-state index is 0.0307. The smallest absolute Gasteiger partial charge is 0.156 e. The molecule has 30 heavy (non-hydrogen) atoms. The van der Waals surface area contributed by atoms with Crippen molar-refractivity contribution >= 4 is 40.5 Å². The molecule has 0 unspecified atom stereocenters. The molecular weight excluding hydrogens is 450 g/mol. The molecule has 8 heteroatoms. The predicted molar refractivity (Wildman–Crippen MR) is 121 cm³/mol. The molecule has 0 aromatic heterocycles. The second kappa shape index (κ2) is 8.62. The van der Waals surface area contributed by atoms with Crippen LogP contribution < -0.4 is 14.4 Å². The number of benzene rings is 2. The lowest BCUT2D eigenvalue weighted by Crippen LogP contribution is -2.47. The number of halogens is 4. The van der Waals surface area contributed by atoms with E-state index >= 15 is 0 Å². The summed E-state index contributed by atoms with van der Waals surface area (Å²) in [7, 11) is 0. The van der Waals surface area contributed by atoms with Crippen LogP contribution in [0.15, 0.2) is 24.3 Å². The molecule has 1 saturated heterocycles. The monoisotopic (exact) mass is 472 g/mol. The van der Waals surface area contributed by atoms with Crippen molar-refractivity contribution in [1.29, 1.82) is 0 Å². The lowest BCUT2D eigenvalue weighted by Gasteiger charge is -2.36. The van der Waals surface area contributed by atoms with Crippen LogP contribution in [0.5, 0.6) is 11.5 Å². The summed E-state index contributed by atoms with van der Waals surface area (Å²) < 4.78 is 25.0. The molecule has 0 N–H and O–H groups in total. The fourth-order valence-corrected chi connectivity index (χ4v) is 4.74. The molecule has 2 heterocycles. The topological polar surface area (TPSA) is 24.9 Å². The Bertz CT molecular complexity index is 923. The van der Waals surface area contributed by atoms with Gasteiger partial charge in [0.2, 0.25) is 0 Å². The molecule has 162 valence electrons. The number of anilines is 1. The van der Waals surface area contributed by atoms with Crippen molar-refractivity contribution < 1.29 is 13.9 Å². The van der Waals surface area contributed by atoms with Gasteiger partial charge in [-0.25, -0.2) is 4.39 Å². The Balaban J connectivity index is 1.34. The zero-order chi connectivity index (χ0) is 21.5. The zero-order valence-electron chi connectivity index (χ0n) is 17.0. The summed E-state index contributed by atoms with van der Waals surface area (Å²) in [5.41, 5.74) is 2.22. The molecule has 2 aliphatic rings. The first-order valence-electron chi connectivity index (χ1n) is 9.96. The standard InChI is InChI=1S/C22H24Cl3FN2O2/c1-22(2)13-30-20-16(22)9-14(23)10-19(20)28-5-3-27(4-6-28)7-8-29-21-17(24)11-15(26)12-18(21)25/h9-12H,3-8,13H2,1-2H3. The molecule has 4 rings (SSSR count). The van der Waals surface area contributed by atoms with Gasteiger partial charge >= 0.3 is 0 Å². The van der Waals surface area contributed by atoms with E-state index in [9.17, 15) is 4.39 Å². The van der Waals surface area contributed by atoms with Gasteiger partial charge in [-0.15, -0.1) is 0 Å². The first kappa shape index (κ1) is 21.8.